The van der Waals surface area contributed by atoms with Gasteiger partial charge in [-0.2, -0.15) is 0 Å². The summed E-state index contributed by atoms with van der Waals surface area (Å²) in [5, 5.41) is 41.8. The lowest BCUT2D eigenvalue weighted by Gasteiger charge is -2.63. The first-order chi connectivity index (χ1) is 33.8. The Kier molecular flexibility index (Phi) is 19.2. The molecule has 2 aromatic rings. The zero-order valence-corrected chi connectivity index (χ0v) is 41.7. The van der Waals surface area contributed by atoms with E-state index in [0.29, 0.717) is 38.5 Å². The van der Waals surface area contributed by atoms with Gasteiger partial charge in [-0.05, 0) is 128 Å². The number of methoxy groups -OCH3 is 1. The number of carbonyl (C=O) groups excluding carboxylic acids is 6. The monoisotopic (exact) mass is 989 g/mol. The number of aliphatic carboxylic acids is 1. The van der Waals surface area contributed by atoms with Crippen molar-refractivity contribution in [3.63, 3.8) is 0 Å². The zero-order chi connectivity index (χ0) is 51.5. The van der Waals surface area contributed by atoms with Crippen molar-refractivity contribution >= 4 is 41.6 Å². The van der Waals surface area contributed by atoms with Crippen molar-refractivity contribution in [2.45, 2.75) is 167 Å². The van der Waals surface area contributed by atoms with E-state index in [1.807, 2.05) is 24.3 Å². The van der Waals surface area contributed by atoms with E-state index >= 15 is 0 Å². The van der Waals surface area contributed by atoms with Gasteiger partial charge in [0.15, 0.2) is 0 Å². The molecule has 0 bridgehead atoms. The van der Waals surface area contributed by atoms with Crippen LogP contribution < -0.4 is 21.7 Å². The number of ether oxygens (including phenoxy) is 3. The molecule has 4 saturated carbocycles. The summed E-state index contributed by atoms with van der Waals surface area (Å²) in [4.78, 5) is 91.1. The average Bonchev–Trinajstić information content (AvgIpc) is 3.72. The summed E-state index contributed by atoms with van der Waals surface area (Å²) in [6.45, 7) is 6.60. The number of fused-ring (bicyclic) bond motifs is 5. The van der Waals surface area contributed by atoms with E-state index in [1.165, 1.54) is 7.11 Å². The Hall–Kier alpha value is -5.39. The van der Waals surface area contributed by atoms with Crippen LogP contribution in [-0.2, 0) is 61.0 Å². The highest BCUT2D eigenvalue weighted by Gasteiger charge is 2.65. The van der Waals surface area contributed by atoms with Crippen molar-refractivity contribution in [1.29, 1.82) is 0 Å². The predicted octanol–water partition coefficient (Wildman–Crippen LogP) is 4.87. The van der Waals surface area contributed by atoms with Gasteiger partial charge in [-0.15, -0.1) is 0 Å². The molecule has 4 fully saturated rings. The van der Waals surface area contributed by atoms with Gasteiger partial charge in [0.2, 0.25) is 17.7 Å². The largest absolute Gasteiger partial charge is 0.481 e. The van der Waals surface area contributed by atoms with E-state index < -0.39 is 77.8 Å². The Bertz CT molecular complexity index is 2160. The van der Waals surface area contributed by atoms with Crippen LogP contribution in [0.1, 0.15) is 128 Å². The minimum absolute atomic E-state index is 0.000660. The van der Waals surface area contributed by atoms with Crippen LogP contribution in [0.4, 0.5) is 0 Å². The molecule has 4 aliphatic carbocycles. The number of nitrogens with two attached hydrogens (primary N) is 1. The molecule has 8 N–H and O–H groups in total. The SMILES string of the molecule is COC(=O)CC[C@@H](C)[C@H]1CC[C@H]2[C@@H]3[C@H](O)C[C@@H]4C[C@@H](NC(=O)[C@H](CCC(=O)OCc5ccccc5)NC(=O)[C@H](CCC(=O)OCc5ccccc5)NC(=O)[C@@H](N)CCC(=O)O)CC[C@]4(C)[C@H]3C[C@H](O)[C@]12C. The maximum atomic E-state index is 14.4. The third kappa shape index (κ3) is 13.8. The van der Waals surface area contributed by atoms with Crippen LogP contribution in [0.15, 0.2) is 60.7 Å². The number of carboxylic acid groups (broad SMARTS) is 1. The van der Waals surface area contributed by atoms with Crippen molar-refractivity contribution in [1.82, 2.24) is 16.0 Å². The first kappa shape index (κ1) is 54.9. The highest BCUT2D eigenvalue weighted by Crippen LogP contribution is 2.68. The van der Waals surface area contributed by atoms with Gasteiger partial charge in [-0.3, -0.25) is 33.6 Å². The van der Waals surface area contributed by atoms with Gasteiger partial charge in [0.25, 0.3) is 0 Å². The maximum absolute atomic E-state index is 14.4. The van der Waals surface area contributed by atoms with Crippen LogP contribution in [0.25, 0.3) is 0 Å². The fourth-order valence-corrected chi connectivity index (χ4v) is 12.9. The van der Waals surface area contributed by atoms with Crippen molar-refractivity contribution in [3.05, 3.63) is 71.8 Å². The van der Waals surface area contributed by atoms with Crippen LogP contribution in [0, 0.1) is 46.3 Å². The fraction of sp³-hybridized carbons (Fsp3) is 0.648. The van der Waals surface area contributed by atoms with E-state index in [9.17, 15) is 43.8 Å². The Balaban J connectivity index is 1.14. The summed E-state index contributed by atoms with van der Waals surface area (Å²) in [6.07, 6.45) is 3.00. The van der Waals surface area contributed by atoms with E-state index in [4.69, 9.17) is 25.1 Å². The molecular formula is C54H76N4O13. The summed E-state index contributed by atoms with van der Waals surface area (Å²) < 4.78 is 15.8. The first-order valence-electron chi connectivity index (χ1n) is 25.5. The van der Waals surface area contributed by atoms with Crippen LogP contribution in [-0.4, -0.2) is 100 Å². The lowest BCUT2D eigenvalue weighted by molar-refractivity contribution is -0.202. The fourth-order valence-electron chi connectivity index (χ4n) is 12.9. The molecular weight excluding hydrogens is 913 g/mol. The lowest BCUT2D eigenvalue weighted by Crippen LogP contribution is -2.63. The minimum Gasteiger partial charge on any atom is -0.481 e. The van der Waals surface area contributed by atoms with Gasteiger partial charge in [-0.25, -0.2) is 0 Å². The molecule has 0 unspecified atom stereocenters. The first-order valence-corrected chi connectivity index (χ1v) is 25.5. The van der Waals surface area contributed by atoms with Gasteiger partial charge in [-0.1, -0.05) is 81.4 Å². The molecule has 6 rings (SSSR count). The van der Waals surface area contributed by atoms with Crippen molar-refractivity contribution in [2.24, 2.45) is 52.1 Å². The summed E-state index contributed by atoms with van der Waals surface area (Å²) in [5.41, 5.74) is 6.89. The number of esters is 3. The number of hydrogen-bond donors (Lipinski definition) is 7. The normalized spacial score (nSPS) is 29.3. The maximum Gasteiger partial charge on any atom is 0.306 e. The number of rotatable bonds is 23. The molecule has 17 heteroatoms. The molecule has 0 radical (unpaired) electrons. The standard InChI is InChI=1S/C54H76N4O13/c1-32(15-22-46(63)69-4)37-16-17-38-49-39(29-44(60)54(37,38)3)53(2)26-25-36(27-35(53)28-43(49)59)56-51(67)41(19-23-47(64)70-30-33-11-7-5-8-12-33)58-52(68)42(57-50(66)40(55)18-21-45(61)62)20-24-48(65)71-31-34-13-9-6-10-14-34/h5-14,32,35-44,49,59-60H,15-31,55H2,1-4H3,(H,56,67)(H,57,66)(H,58,68)(H,61,62)/t32-,35+,36+,37-,38+,39+,40+,41+,42+,43-,44+,49+,53+,54-/m1/s1. The lowest BCUT2D eigenvalue weighted by atomic mass is 9.43. The number of carbonyl (C=O) groups is 7. The molecule has 4 aliphatic rings. The number of nitrogens with one attached hydrogen (secondary N) is 3. The Morgan fingerprint density at radius 1 is 0.690 bits per heavy atom. The smallest absolute Gasteiger partial charge is 0.306 e. The molecule has 0 heterocycles. The van der Waals surface area contributed by atoms with E-state index in [0.717, 1.165) is 30.4 Å². The highest BCUT2D eigenvalue weighted by atomic mass is 16.5. The highest BCUT2D eigenvalue weighted by molar-refractivity contribution is 5.93. The second-order valence-electron chi connectivity index (χ2n) is 21.2. The Morgan fingerprint density at radius 2 is 1.25 bits per heavy atom. The number of benzene rings is 2. The molecule has 0 aromatic heterocycles. The van der Waals surface area contributed by atoms with E-state index in [-0.39, 0.29) is 98.3 Å². The molecule has 17 nitrogen and oxygen atoms in total. The molecule has 0 spiro atoms. The van der Waals surface area contributed by atoms with Gasteiger partial charge in [0.05, 0.1) is 25.4 Å². The summed E-state index contributed by atoms with van der Waals surface area (Å²) >= 11 is 0. The van der Waals surface area contributed by atoms with Gasteiger partial charge in [0.1, 0.15) is 25.3 Å². The second kappa shape index (κ2) is 24.8. The average molecular weight is 989 g/mol. The Labute approximate surface area is 417 Å². The molecule has 3 amide bonds. The van der Waals surface area contributed by atoms with Crippen LogP contribution >= 0.6 is 0 Å². The molecule has 71 heavy (non-hydrogen) atoms. The number of aliphatic hydroxyl groups is 2. The molecule has 390 valence electrons. The number of aliphatic hydroxyl groups excluding tert-OH is 2. The van der Waals surface area contributed by atoms with Crippen molar-refractivity contribution < 1.29 is 63.1 Å². The van der Waals surface area contributed by atoms with Gasteiger partial charge < -0.3 is 51.2 Å². The molecule has 0 saturated heterocycles. The summed E-state index contributed by atoms with van der Waals surface area (Å²) in [7, 11) is 1.39. The third-order valence-electron chi connectivity index (χ3n) is 17.0. The van der Waals surface area contributed by atoms with Gasteiger partial charge >= 0.3 is 23.9 Å². The van der Waals surface area contributed by atoms with Gasteiger partial charge in [0, 0.05) is 31.7 Å². The topological polar surface area (TPSA) is 270 Å². The van der Waals surface area contributed by atoms with Crippen molar-refractivity contribution in [3.8, 4) is 0 Å². The number of amides is 3. The van der Waals surface area contributed by atoms with Crippen LogP contribution in [0.5, 0.6) is 0 Å². The van der Waals surface area contributed by atoms with Crippen LogP contribution in [0.2, 0.25) is 0 Å². The van der Waals surface area contributed by atoms with E-state index in [2.05, 4.69) is 36.7 Å². The number of hydrogen-bond acceptors (Lipinski definition) is 13. The quantitative estimate of drug-likeness (QED) is 0.0579. The molecule has 14 atom stereocenters. The third-order valence-corrected chi connectivity index (χ3v) is 17.0. The van der Waals surface area contributed by atoms with Crippen LogP contribution in [0.3, 0.4) is 0 Å². The summed E-state index contributed by atoms with van der Waals surface area (Å²) in [6, 6.07) is 13.7. The zero-order valence-electron chi connectivity index (χ0n) is 41.7. The number of carboxylic acids is 1. The summed E-state index contributed by atoms with van der Waals surface area (Å²) in [5.74, 6) is -4.31. The second-order valence-corrected chi connectivity index (χ2v) is 21.2. The molecule has 0 aliphatic heterocycles. The molecule has 2 aromatic carbocycles. The minimum atomic E-state index is -1.40. The Morgan fingerprint density at radius 3 is 1.83 bits per heavy atom. The van der Waals surface area contributed by atoms with Crippen molar-refractivity contribution in [2.75, 3.05) is 7.11 Å². The van der Waals surface area contributed by atoms with E-state index in [1.54, 1.807) is 36.4 Å². The predicted molar refractivity (Wildman–Crippen MR) is 260 cm³/mol.